The van der Waals surface area contributed by atoms with Crippen LogP contribution in [0.3, 0.4) is 0 Å². The van der Waals surface area contributed by atoms with Crippen LogP contribution in [0.25, 0.3) is 0 Å². The number of hydrogen-bond acceptors (Lipinski definition) is 0. The molecule has 0 spiro atoms. The Kier molecular flexibility index (Phi) is 3060. The van der Waals surface area contributed by atoms with Gasteiger partial charge in [-0.25, -0.2) is 0 Å². The average molecular weight is 1250 g/mol. The van der Waals surface area contributed by atoms with Crippen LogP contribution >= 0.6 is 0 Å². The van der Waals surface area contributed by atoms with E-state index in [1.165, 1.54) is 0 Å². The molecule has 0 fully saturated rings. The first-order valence-corrected chi connectivity index (χ1v) is 0. The summed E-state index contributed by atoms with van der Waals surface area (Å²) in [6.45, 7) is 0. The zero-order valence-corrected chi connectivity index (χ0v) is 19.3. The fourth-order valence-electron chi connectivity index (χ4n) is 0. The summed E-state index contributed by atoms with van der Waals surface area (Å²) in [6, 6.07) is 0. The predicted molar refractivity (Wildman–Crippen MR) is 145 cm³/mol. The fourth-order valence-corrected chi connectivity index (χ4v) is 0. The van der Waals surface area contributed by atoms with Gasteiger partial charge >= 0.3 is 392 Å². The molecule has 0 rings (SSSR count). The van der Waals surface area contributed by atoms with Crippen molar-refractivity contribution in [3.05, 3.63) is 0 Å². The third kappa shape index (κ3) is 287. The molecule has 0 aliphatic heterocycles. The Morgan fingerprint density at radius 2 is 0.0968 bits per heavy atom. The summed E-state index contributed by atoms with van der Waals surface area (Å²) in [7, 11) is 0. The molecule has 194 valence electrons. The van der Waals surface area contributed by atoms with E-state index in [1.54, 1.807) is 0 Å². The maximum Gasteiger partial charge on any atom is 0.316 e. The van der Waals surface area contributed by atoms with Crippen LogP contribution < -0.4 is 0 Å². The molecule has 0 aliphatic rings. The molecule has 0 aromatic heterocycles. The minimum atomic E-state index is 0. The van der Waals surface area contributed by atoms with Crippen molar-refractivity contribution in [2.45, 2.75) is 0 Å². The third-order valence-electron chi connectivity index (χ3n) is 0. The number of rotatable bonds is 0. The summed E-state index contributed by atoms with van der Waals surface area (Å²) in [6.07, 6.45) is 0. The topological polar surface area (TPSA) is 0 Å². The molecule has 0 saturated carbocycles. The average Bonchev–Trinajstić information content (AvgIpc) is 0. The molecule has 0 aromatic carbocycles. The molecule has 0 bridgehead atoms. The van der Waals surface area contributed by atoms with Gasteiger partial charge in [0.2, 0.25) is 0 Å². The molecule has 0 nitrogen and oxygen atoms in total. The maximum atomic E-state index is 0. The van der Waals surface area contributed by atoms with Gasteiger partial charge in [0, 0.05) is 235 Å². The molecule has 31 heteroatoms. The van der Waals surface area contributed by atoms with Gasteiger partial charge in [-0.1, -0.05) is 0 Å². The number of hydrogen-bond donors (Lipinski definition) is 0. The van der Waals surface area contributed by atoms with Crippen molar-refractivity contribution < 1.29 is 235 Å². The first-order chi connectivity index (χ1) is 0. The van der Waals surface area contributed by atoms with Crippen LogP contribution in [0, 0.1) is 0 Å². The molecule has 0 aromatic rings. The molecule has 0 atom stereocenters. The van der Waals surface area contributed by atoms with Gasteiger partial charge in [-0.05, 0) is 0 Å². The minimum Gasteiger partial charge on any atom is 0 e. The van der Waals surface area contributed by atoms with E-state index in [2.05, 4.69) is 0 Å². The summed E-state index contributed by atoms with van der Waals surface area (Å²) >= 11 is 0. The summed E-state index contributed by atoms with van der Waals surface area (Å²) in [4.78, 5) is 0. The Balaban J connectivity index is 0. The van der Waals surface area contributed by atoms with E-state index in [4.69, 9.17) is 0 Å². The molecule has 31 heavy (non-hydrogen) atoms. The van der Waals surface area contributed by atoms with Crippen molar-refractivity contribution in [3.63, 3.8) is 0 Å². The second-order valence-corrected chi connectivity index (χ2v) is 0. The predicted octanol–water partition coefficient (Wildman–Crippen LogP) is -15.6. The fraction of sp³-hybridized carbons (Fsp3) is 0. The molecular weight excluding hydrogens is 1210 g/mol. The van der Waals surface area contributed by atoms with E-state index in [9.17, 15) is 0 Å². The van der Waals surface area contributed by atoms with E-state index in [1.807, 2.05) is 0 Å². The minimum absolute atomic E-state index is 0. The molecule has 0 radical (unpaired) electrons. The quantitative estimate of drug-likeness (QED) is 0.212. The SMILES string of the molecule is [Fe].[Fe].[Fe].[Fe].[Fe].[Fe].[Fe].[MgH2].[MgH2].[MgH2].[MgH2].[MgH2].[MgH2].[MgH2].[MgH2].[MgH2].[MgH2].[MgH2].[MgH2].[MgH2].[MgH2].[MgH2].[MgH2].[MgH2].[Ni].[Ni].[Ni].[Ni].[Ni].[Ni].[Ni]. The van der Waals surface area contributed by atoms with Crippen molar-refractivity contribution in [1.82, 2.24) is 0 Å². The van der Waals surface area contributed by atoms with Gasteiger partial charge in [-0.3, -0.25) is 0 Å². The van der Waals surface area contributed by atoms with Crippen LogP contribution in [0.2, 0.25) is 0 Å². The second-order valence-electron chi connectivity index (χ2n) is 0. The van der Waals surface area contributed by atoms with Gasteiger partial charge in [0.05, 0.1) is 0 Å². The van der Waals surface area contributed by atoms with Crippen molar-refractivity contribution >= 4 is 392 Å². The third-order valence-corrected chi connectivity index (χ3v) is 0. The zero-order valence-electron chi connectivity index (χ0n) is 4.69. The molecule has 0 unspecified atom stereocenters. The summed E-state index contributed by atoms with van der Waals surface area (Å²) in [5.74, 6) is 0. The second kappa shape index (κ2) is 299. The van der Waals surface area contributed by atoms with Gasteiger partial charge in [-0.15, -0.1) is 0 Å². The summed E-state index contributed by atoms with van der Waals surface area (Å²) in [5.41, 5.74) is 0. The first-order valence-electron chi connectivity index (χ1n) is 0. The maximum absolute atomic E-state index is 0. The van der Waals surface area contributed by atoms with Gasteiger partial charge in [-0.2, -0.15) is 0 Å². The molecular formula is H34Fe7Mg17Ni7. The van der Waals surface area contributed by atoms with E-state index in [-0.39, 0.29) is 627 Å². The van der Waals surface area contributed by atoms with Crippen LogP contribution in [0.4, 0.5) is 0 Å². The van der Waals surface area contributed by atoms with Crippen LogP contribution in [0.15, 0.2) is 0 Å². The normalized spacial score (nSPS) is 0. The first kappa shape index (κ1) is 317. The Bertz CT molecular complexity index is 44.8. The standard InChI is InChI=1S/7Fe.17Mg.7Ni.34H. The van der Waals surface area contributed by atoms with Crippen LogP contribution in [0.1, 0.15) is 0 Å². The smallest absolute Gasteiger partial charge is 0 e. The van der Waals surface area contributed by atoms with Crippen molar-refractivity contribution in [1.29, 1.82) is 0 Å². The summed E-state index contributed by atoms with van der Waals surface area (Å²) in [5, 5.41) is 0. The molecule has 0 aliphatic carbocycles. The van der Waals surface area contributed by atoms with Crippen molar-refractivity contribution in [2.75, 3.05) is 0 Å². The van der Waals surface area contributed by atoms with Crippen LogP contribution in [-0.4, -0.2) is 392 Å². The van der Waals surface area contributed by atoms with E-state index in [0.29, 0.717) is 0 Å². The van der Waals surface area contributed by atoms with E-state index < -0.39 is 0 Å². The van der Waals surface area contributed by atoms with Gasteiger partial charge < -0.3 is 0 Å². The van der Waals surface area contributed by atoms with Crippen LogP contribution in [0.5, 0.6) is 0 Å². The van der Waals surface area contributed by atoms with Crippen molar-refractivity contribution in [3.8, 4) is 0 Å². The van der Waals surface area contributed by atoms with E-state index >= 15 is 0 Å². The van der Waals surface area contributed by atoms with E-state index in [0.717, 1.165) is 0 Å². The zero-order chi connectivity index (χ0) is 0. The van der Waals surface area contributed by atoms with Crippen LogP contribution in [-0.2, 0) is 235 Å². The largest absolute Gasteiger partial charge is 0.316 e. The Morgan fingerprint density at radius 3 is 0.0968 bits per heavy atom. The van der Waals surface area contributed by atoms with Gasteiger partial charge in [0.15, 0.2) is 0 Å². The van der Waals surface area contributed by atoms with Gasteiger partial charge in [0.1, 0.15) is 0 Å². The Morgan fingerprint density at radius 1 is 0.0968 bits per heavy atom. The Hall–Kier alpha value is 20.1. The van der Waals surface area contributed by atoms with Crippen molar-refractivity contribution in [2.24, 2.45) is 0 Å². The monoisotopic (exact) mass is 1240 g/mol. The summed E-state index contributed by atoms with van der Waals surface area (Å²) < 4.78 is 0. The molecule has 0 amide bonds. The Labute approximate surface area is 608 Å². The molecule has 0 saturated heterocycles. The molecule has 0 heterocycles. The van der Waals surface area contributed by atoms with Gasteiger partial charge in [0.25, 0.3) is 0 Å². The molecule has 0 N–H and O–H groups in total.